The number of ether oxygens (including phenoxy) is 1. The molecule has 1 aromatic carbocycles. The summed E-state index contributed by atoms with van der Waals surface area (Å²) in [7, 11) is 0. The van der Waals surface area contributed by atoms with Crippen LogP contribution in [0.15, 0.2) is 24.3 Å². The average molecular weight is 359 g/mol. The summed E-state index contributed by atoms with van der Waals surface area (Å²) in [6.07, 6.45) is 5.06. The Morgan fingerprint density at radius 1 is 1.23 bits per heavy atom. The van der Waals surface area contributed by atoms with Crippen molar-refractivity contribution in [1.82, 2.24) is 15.8 Å². The Balaban J connectivity index is 1.48. The van der Waals surface area contributed by atoms with E-state index in [-0.39, 0.29) is 30.1 Å². The van der Waals surface area contributed by atoms with Crippen LogP contribution in [0.5, 0.6) is 0 Å². The van der Waals surface area contributed by atoms with E-state index >= 15 is 0 Å². The fourth-order valence-corrected chi connectivity index (χ4v) is 4.89. The second kappa shape index (κ2) is 7.64. The highest BCUT2D eigenvalue weighted by molar-refractivity contribution is 5.82. The number of nitrogens with zero attached hydrogens (tertiary/aromatic N) is 1. The number of hydrogen-bond acceptors (Lipinski definition) is 5. The van der Waals surface area contributed by atoms with Gasteiger partial charge in [-0.2, -0.15) is 0 Å². The fourth-order valence-electron chi connectivity index (χ4n) is 4.89. The number of likely N-dealkylation sites (tertiary alicyclic amines) is 1. The third-order valence-electron chi connectivity index (χ3n) is 6.34. The summed E-state index contributed by atoms with van der Waals surface area (Å²) in [4.78, 5) is 14.7. The van der Waals surface area contributed by atoms with Crippen molar-refractivity contribution in [3.05, 3.63) is 35.4 Å². The maximum absolute atomic E-state index is 12.7. The number of hydrazine groups is 1. The molecule has 0 radical (unpaired) electrons. The number of amides is 1. The lowest BCUT2D eigenvalue weighted by Gasteiger charge is -2.47. The van der Waals surface area contributed by atoms with Crippen molar-refractivity contribution in [3.8, 4) is 0 Å². The Hall–Kier alpha value is -1.47. The van der Waals surface area contributed by atoms with Gasteiger partial charge in [-0.3, -0.25) is 10.2 Å². The lowest BCUT2D eigenvalue weighted by molar-refractivity contribution is -0.135. The van der Waals surface area contributed by atoms with Crippen molar-refractivity contribution in [2.45, 2.75) is 49.7 Å². The monoisotopic (exact) mass is 359 g/mol. The first-order valence-corrected chi connectivity index (χ1v) is 9.82. The maximum atomic E-state index is 12.7. The summed E-state index contributed by atoms with van der Waals surface area (Å²) in [6, 6.07) is 8.53. The van der Waals surface area contributed by atoms with Gasteiger partial charge < -0.3 is 14.7 Å². The van der Waals surface area contributed by atoms with Crippen LogP contribution < -0.4 is 10.9 Å². The van der Waals surface area contributed by atoms with Crippen LogP contribution in [-0.2, 0) is 14.9 Å². The molecule has 0 aromatic heterocycles. The van der Waals surface area contributed by atoms with Gasteiger partial charge in [0.25, 0.3) is 0 Å². The Bertz CT molecular complexity index is 637. The molecule has 0 saturated carbocycles. The van der Waals surface area contributed by atoms with Gasteiger partial charge in [-0.1, -0.05) is 24.3 Å². The summed E-state index contributed by atoms with van der Waals surface area (Å²) in [6.45, 7) is 2.96. The van der Waals surface area contributed by atoms with Gasteiger partial charge >= 0.3 is 0 Å². The van der Waals surface area contributed by atoms with Crippen LogP contribution in [0.2, 0.25) is 0 Å². The standard InChI is InChI=1S/C20H29N3O3/c24-13-14-26-18-5-7-20(16-4-2-1-3-15(16)18)8-11-23(12-9-20)19(25)17-6-10-21-22-17/h1-4,17-18,21-22,24H,5-14H2. The van der Waals surface area contributed by atoms with Crippen molar-refractivity contribution in [2.24, 2.45) is 0 Å². The third-order valence-corrected chi connectivity index (χ3v) is 6.34. The van der Waals surface area contributed by atoms with E-state index < -0.39 is 0 Å². The Labute approximate surface area is 154 Å². The SMILES string of the molecule is O=C(C1CCNN1)N1CCC2(CCC(OCCO)c3ccccc32)CC1. The summed E-state index contributed by atoms with van der Waals surface area (Å²) in [5.74, 6) is 0.234. The van der Waals surface area contributed by atoms with E-state index in [1.807, 2.05) is 4.90 Å². The summed E-state index contributed by atoms with van der Waals surface area (Å²) in [5, 5.41) is 9.09. The number of fused-ring (bicyclic) bond motifs is 2. The molecular weight excluding hydrogens is 330 g/mol. The van der Waals surface area contributed by atoms with Crippen molar-refractivity contribution in [2.75, 3.05) is 32.8 Å². The largest absolute Gasteiger partial charge is 0.394 e. The molecule has 1 aromatic rings. The normalized spacial score (nSPS) is 27.5. The van der Waals surface area contributed by atoms with Crippen molar-refractivity contribution in [1.29, 1.82) is 0 Å². The number of aliphatic hydroxyl groups is 1. The summed E-state index contributed by atoms with van der Waals surface area (Å²) < 4.78 is 5.89. The molecule has 2 fully saturated rings. The molecule has 142 valence electrons. The number of nitrogens with one attached hydrogen (secondary N) is 2. The van der Waals surface area contributed by atoms with E-state index in [4.69, 9.17) is 9.84 Å². The Kier molecular flexibility index (Phi) is 5.27. The van der Waals surface area contributed by atoms with Gasteiger partial charge in [-0.25, -0.2) is 5.43 Å². The molecule has 2 heterocycles. The molecule has 6 heteroatoms. The zero-order valence-corrected chi connectivity index (χ0v) is 15.2. The molecule has 6 nitrogen and oxygen atoms in total. The Morgan fingerprint density at radius 3 is 2.77 bits per heavy atom. The number of carbonyl (C=O) groups is 1. The van der Waals surface area contributed by atoms with E-state index in [2.05, 4.69) is 35.1 Å². The summed E-state index contributed by atoms with van der Waals surface area (Å²) in [5.41, 5.74) is 8.97. The lowest BCUT2D eigenvalue weighted by atomic mass is 9.64. The number of rotatable bonds is 4. The van der Waals surface area contributed by atoms with Crippen molar-refractivity contribution >= 4 is 5.91 Å². The molecule has 2 unspecified atom stereocenters. The third kappa shape index (κ3) is 3.27. The average Bonchev–Trinajstić information content (AvgIpc) is 3.23. The lowest BCUT2D eigenvalue weighted by Crippen LogP contribution is -2.52. The highest BCUT2D eigenvalue weighted by Crippen LogP contribution is 2.48. The molecule has 4 rings (SSSR count). The van der Waals surface area contributed by atoms with Gasteiger partial charge in [-0.05, 0) is 48.6 Å². The van der Waals surface area contributed by atoms with Crippen molar-refractivity contribution in [3.63, 3.8) is 0 Å². The fraction of sp³-hybridized carbons (Fsp3) is 0.650. The first-order chi connectivity index (χ1) is 12.7. The van der Waals surface area contributed by atoms with E-state index in [0.29, 0.717) is 6.61 Å². The van der Waals surface area contributed by atoms with Gasteiger partial charge in [0.05, 0.1) is 19.3 Å². The number of hydrogen-bond donors (Lipinski definition) is 3. The molecule has 1 amide bonds. The quantitative estimate of drug-likeness (QED) is 0.755. The molecule has 1 spiro atoms. The van der Waals surface area contributed by atoms with Gasteiger partial charge in [-0.15, -0.1) is 0 Å². The highest BCUT2D eigenvalue weighted by atomic mass is 16.5. The Morgan fingerprint density at radius 2 is 2.04 bits per heavy atom. The molecule has 0 bridgehead atoms. The minimum atomic E-state index is -0.0704. The van der Waals surface area contributed by atoms with Crippen LogP contribution in [0.25, 0.3) is 0 Å². The second-order valence-electron chi connectivity index (χ2n) is 7.73. The maximum Gasteiger partial charge on any atom is 0.241 e. The number of carbonyl (C=O) groups excluding carboxylic acids is 1. The van der Waals surface area contributed by atoms with Gasteiger partial charge in [0, 0.05) is 19.6 Å². The van der Waals surface area contributed by atoms with Gasteiger partial charge in [0.2, 0.25) is 5.91 Å². The molecule has 26 heavy (non-hydrogen) atoms. The van der Waals surface area contributed by atoms with E-state index in [1.54, 1.807) is 0 Å². The first-order valence-electron chi connectivity index (χ1n) is 9.82. The zero-order chi connectivity index (χ0) is 18.0. The highest BCUT2D eigenvalue weighted by Gasteiger charge is 2.43. The molecule has 3 aliphatic rings. The molecule has 2 aliphatic heterocycles. The van der Waals surface area contributed by atoms with E-state index in [9.17, 15) is 4.79 Å². The van der Waals surface area contributed by atoms with Crippen LogP contribution >= 0.6 is 0 Å². The van der Waals surface area contributed by atoms with Crippen LogP contribution in [0.1, 0.15) is 49.3 Å². The van der Waals surface area contributed by atoms with E-state index in [0.717, 1.165) is 51.7 Å². The zero-order valence-electron chi connectivity index (χ0n) is 15.2. The predicted molar refractivity (Wildman–Crippen MR) is 98.5 cm³/mol. The molecule has 2 saturated heterocycles. The predicted octanol–water partition coefficient (Wildman–Crippen LogP) is 1.26. The van der Waals surface area contributed by atoms with Crippen LogP contribution in [0.4, 0.5) is 0 Å². The molecule has 2 atom stereocenters. The second-order valence-corrected chi connectivity index (χ2v) is 7.73. The van der Waals surface area contributed by atoms with Crippen LogP contribution in [-0.4, -0.2) is 54.8 Å². The topological polar surface area (TPSA) is 73.8 Å². The van der Waals surface area contributed by atoms with Crippen molar-refractivity contribution < 1.29 is 14.6 Å². The molecular formula is C20H29N3O3. The minimum Gasteiger partial charge on any atom is -0.394 e. The van der Waals surface area contributed by atoms with Crippen LogP contribution in [0.3, 0.4) is 0 Å². The summed E-state index contributed by atoms with van der Waals surface area (Å²) >= 11 is 0. The van der Waals surface area contributed by atoms with Gasteiger partial charge in [0.1, 0.15) is 6.04 Å². The number of piperidine rings is 1. The molecule has 1 aliphatic carbocycles. The van der Waals surface area contributed by atoms with E-state index in [1.165, 1.54) is 11.1 Å². The smallest absolute Gasteiger partial charge is 0.241 e. The first kappa shape index (κ1) is 17.9. The number of aliphatic hydroxyl groups excluding tert-OH is 1. The van der Waals surface area contributed by atoms with Gasteiger partial charge in [0.15, 0.2) is 0 Å². The van der Waals surface area contributed by atoms with Crippen LogP contribution in [0, 0.1) is 0 Å². The number of benzene rings is 1. The minimum absolute atomic E-state index is 0.0605. The molecule has 3 N–H and O–H groups in total.